The van der Waals surface area contributed by atoms with E-state index in [9.17, 15) is 9.59 Å². The summed E-state index contributed by atoms with van der Waals surface area (Å²) in [5, 5.41) is 9.52. The SMILES string of the molecule is CCNC(=NCCNC(=O)C(C)C)NC1CCC(C(=O)OCC)CC1.I. The lowest BCUT2D eigenvalue weighted by atomic mass is 9.86. The fourth-order valence-corrected chi connectivity index (χ4v) is 2.80. The van der Waals surface area contributed by atoms with Crippen LogP contribution in [0.5, 0.6) is 0 Å². The van der Waals surface area contributed by atoms with Crippen LogP contribution in [0, 0.1) is 11.8 Å². The number of nitrogens with one attached hydrogen (secondary N) is 3. The van der Waals surface area contributed by atoms with Crippen molar-refractivity contribution in [2.45, 2.75) is 59.4 Å². The minimum absolute atomic E-state index is 0. The summed E-state index contributed by atoms with van der Waals surface area (Å²) in [6.07, 6.45) is 3.55. The number of guanidine groups is 1. The Labute approximate surface area is 174 Å². The summed E-state index contributed by atoms with van der Waals surface area (Å²) in [6, 6.07) is 0.314. The van der Waals surface area contributed by atoms with Gasteiger partial charge in [-0.2, -0.15) is 0 Å². The van der Waals surface area contributed by atoms with E-state index in [-0.39, 0.29) is 47.7 Å². The number of hydrogen-bond acceptors (Lipinski definition) is 4. The van der Waals surface area contributed by atoms with E-state index in [0.29, 0.717) is 25.7 Å². The summed E-state index contributed by atoms with van der Waals surface area (Å²) in [5.74, 6) is 0.766. The van der Waals surface area contributed by atoms with Crippen LogP contribution in [0.25, 0.3) is 0 Å². The van der Waals surface area contributed by atoms with Gasteiger partial charge in [-0.1, -0.05) is 13.8 Å². The Hall–Kier alpha value is -1.06. The molecule has 26 heavy (non-hydrogen) atoms. The van der Waals surface area contributed by atoms with Gasteiger partial charge in [-0.15, -0.1) is 24.0 Å². The molecule has 0 saturated heterocycles. The van der Waals surface area contributed by atoms with Crippen LogP contribution in [0.15, 0.2) is 4.99 Å². The zero-order valence-corrected chi connectivity index (χ0v) is 18.8. The molecule has 3 N–H and O–H groups in total. The van der Waals surface area contributed by atoms with Gasteiger partial charge in [-0.05, 0) is 39.5 Å². The van der Waals surface area contributed by atoms with Crippen LogP contribution in [0.2, 0.25) is 0 Å². The molecule has 1 aliphatic rings. The molecule has 0 aromatic carbocycles. The van der Waals surface area contributed by atoms with Gasteiger partial charge in [-0.3, -0.25) is 14.6 Å². The quantitative estimate of drug-likeness (QED) is 0.162. The van der Waals surface area contributed by atoms with Crippen molar-refractivity contribution in [2.75, 3.05) is 26.2 Å². The third kappa shape index (κ3) is 9.59. The monoisotopic (exact) mass is 482 g/mol. The van der Waals surface area contributed by atoms with Gasteiger partial charge < -0.3 is 20.7 Å². The van der Waals surface area contributed by atoms with Crippen molar-refractivity contribution in [3.63, 3.8) is 0 Å². The first-order valence-corrected chi connectivity index (χ1v) is 9.47. The molecule has 0 aromatic rings. The Bertz CT molecular complexity index is 450. The predicted octanol–water partition coefficient (Wildman–Crippen LogP) is 2.05. The molecule has 1 fully saturated rings. The van der Waals surface area contributed by atoms with Gasteiger partial charge in [0.1, 0.15) is 0 Å². The van der Waals surface area contributed by atoms with Crippen LogP contribution in [0.1, 0.15) is 53.4 Å². The summed E-state index contributed by atoms with van der Waals surface area (Å²) in [6.45, 7) is 9.90. The van der Waals surface area contributed by atoms with Crippen LogP contribution in [0.3, 0.4) is 0 Å². The molecule has 0 radical (unpaired) electrons. The van der Waals surface area contributed by atoms with Gasteiger partial charge in [0.2, 0.25) is 5.91 Å². The van der Waals surface area contributed by atoms with E-state index < -0.39 is 0 Å². The Morgan fingerprint density at radius 1 is 1.12 bits per heavy atom. The van der Waals surface area contributed by atoms with Crippen molar-refractivity contribution in [1.29, 1.82) is 0 Å². The van der Waals surface area contributed by atoms with E-state index in [2.05, 4.69) is 20.9 Å². The molecule has 0 heterocycles. The summed E-state index contributed by atoms with van der Waals surface area (Å²) < 4.78 is 5.11. The highest BCUT2D eigenvalue weighted by atomic mass is 127. The van der Waals surface area contributed by atoms with E-state index in [0.717, 1.165) is 38.2 Å². The Kier molecular flexibility index (Phi) is 13.5. The molecule has 0 aromatic heterocycles. The molecule has 1 saturated carbocycles. The molecule has 1 amide bonds. The second kappa shape index (κ2) is 14.1. The lowest BCUT2D eigenvalue weighted by Gasteiger charge is -2.29. The van der Waals surface area contributed by atoms with Gasteiger partial charge in [0.05, 0.1) is 19.1 Å². The van der Waals surface area contributed by atoms with E-state index in [1.165, 1.54) is 0 Å². The Balaban J connectivity index is 0.00000625. The molecule has 0 unspecified atom stereocenters. The molecule has 0 bridgehead atoms. The van der Waals surface area contributed by atoms with Crippen molar-refractivity contribution < 1.29 is 14.3 Å². The number of halogens is 1. The van der Waals surface area contributed by atoms with Crippen molar-refractivity contribution in [1.82, 2.24) is 16.0 Å². The van der Waals surface area contributed by atoms with Gasteiger partial charge in [0.25, 0.3) is 0 Å². The Morgan fingerprint density at radius 2 is 1.77 bits per heavy atom. The predicted molar refractivity (Wildman–Crippen MR) is 115 cm³/mol. The minimum atomic E-state index is -0.0672. The smallest absolute Gasteiger partial charge is 0.308 e. The van der Waals surface area contributed by atoms with E-state index in [1.54, 1.807) is 0 Å². The molecule has 152 valence electrons. The second-order valence-corrected chi connectivity index (χ2v) is 6.65. The first-order chi connectivity index (χ1) is 12.0. The van der Waals surface area contributed by atoms with Gasteiger partial charge in [0.15, 0.2) is 5.96 Å². The third-order valence-corrected chi connectivity index (χ3v) is 4.24. The average molecular weight is 482 g/mol. The van der Waals surface area contributed by atoms with Crippen molar-refractivity contribution >= 4 is 41.8 Å². The number of carbonyl (C=O) groups excluding carboxylic acids is 2. The summed E-state index contributed by atoms with van der Waals surface area (Å²) >= 11 is 0. The first-order valence-electron chi connectivity index (χ1n) is 9.47. The third-order valence-electron chi connectivity index (χ3n) is 4.24. The van der Waals surface area contributed by atoms with Gasteiger partial charge in [0, 0.05) is 25.0 Å². The van der Waals surface area contributed by atoms with Crippen molar-refractivity contribution in [3.05, 3.63) is 0 Å². The van der Waals surface area contributed by atoms with Gasteiger partial charge >= 0.3 is 5.97 Å². The van der Waals surface area contributed by atoms with E-state index in [1.807, 2.05) is 27.7 Å². The first kappa shape index (κ1) is 24.9. The maximum Gasteiger partial charge on any atom is 0.308 e. The van der Waals surface area contributed by atoms with Crippen LogP contribution in [0.4, 0.5) is 0 Å². The fourth-order valence-electron chi connectivity index (χ4n) is 2.80. The number of esters is 1. The van der Waals surface area contributed by atoms with E-state index in [4.69, 9.17) is 4.74 Å². The summed E-state index contributed by atoms with van der Waals surface area (Å²) in [7, 11) is 0. The van der Waals surface area contributed by atoms with E-state index >= 15 is 0 Å². The topological polar surface area (TPSA) is 91.8 Å². The molecule has 0 spiro atoms. The van der Waals surface area contributed by atoms with Crippen LogP contribution >= 0.6 is 24.0 Å². The van der Waals surface area contributed by atoms with Crippen molar-refractivity contribution in [2.24, 2.45) is 16.8 Å². The number of amides is 1. The largest absolute Gasteiger partial charge is 0.466 e. The standard InChI is InChI=1S/C18H34N4O3.HI/c1-5-19-18(21-12-11-20-16(23)13(3)4)22-15-9-7-14(8-10-15)17(24)25-6-2;/h13-15H,5-12H2,1-4H3,(H,20,23)(H2,19,21,22);1H. The zero-order chi connectivity index (χ0) is 18.7. The lowest BCUT2D eigenvalue weighted by Crippen LogP contribution is -2.45. The normalized spacial score (nSPS) is 20.1. The lowest BCUT2D eigenvalue weighted by molar-refractivity contribution is -0.149. The van der Waals surface area contributed by atoms with Crippen molar-refractivity contribution in [3.8, 4) is 0 Å². The molecule has 1 rings (SSSR count). The number of hydrogen-bond donors (Lipinski definition) is 3. The molecule has 0 aliphatic heterocycles. The maximum absolute atomic E-state index is 11.8. The number of carbonyl (C=O) groups is 2. The fraction of sp³-hybridized carbons (Fsp3) is 0.833. The number of aliphatic imine (C=N–C) groups is 1. The average Bonchev–Trinajstić information content (AvgIpc) is 2.59. The maximum atomic E-state index is 11.8. The summed E-state index contributed by atoms with van der Waals surface area (Å²) in [4.78, 5) is 27.8. The minimum Gasteiger partial charge on any atom is -0.466 e. The zero-order valence-electron chi connectivity index (χ0n) is 16.5. The highest BCUT2D eigenvalue weighted by Gasteiger charge is 2.27. The number of rotatable bonds is 8. The molecule has 8 heteroatoms. The van der Waals surface area contributed by atoms with Crippen LogP contribution in [-0.2, 0) is 14.3 Å². The van der Waals surface area contributed by atoms with Crippen LogP contribution in [-0.4, -0.2) is 50.1 Å². The second-order valence-electron chi connectivity index (χ2n) is 6.65. The highest BCUT2D eigenvalue weighted by molar-refractivity contribution is 14.0. The molecule has 0 atom stereocenters. The van der Waals surface area contributed by atoms with Crippen LogP contribution < -0.4 is 16.0 Å². The number of ether oxygens (including phenoxy) is 1. The highest BCUT2D eigenvalue weighted by Crippen LogP contribution is 2.25. The number of nitrogens with zero attached hydrogens (tertiary/aromatic N) is 1. The molecule has 7 nitrogen and oxygen atoms in total. The molecule has 1 aliphatic carbocycles. The summed E-state index contributed by atoms with van der Waals surface area (Å²) in [5.41, 5.74) is 0. The van der Waals surface area contributed by atoms with Gasteiger partial charge in [-0.25, -0.2) is 0 Å². The Morgan fingerprint density at radius 3 is 2.31 bits per heavy atom. The molecular weight excluding hydrogens is 447 g/mol. The molecular formula is C18H35IN4O3.